The van der Waals surface area contributed by atoms with Crippen molar-refractivity contribution in [2.75, 3.05) is 7.11 Å². The molecular weight excluding hydrogens is 364 g/mol. The number of rotatable bonds is 6. The number of pyridine rings is 1. The SMILES string of the molecule is COc1ncc(Cl)cc1-c1ccc(CCc2ccc(OC(N)=O)cc2)cc1. The maximum absolute atomic E-state index is 10.7. The van der Waals surface area contributed by atoms with Gasteiger partial charge in [-0.1, -0.05) is 48.0 Å². The molecule has 0 aliphatic carbocycles. The maximum Gasteiger partial charge on any atom is 0.409 e. The van der Waals surface area contributed by atoms with Crippen LogP contribution < -0.4 is 15.2 Å². The van der Waals surface area contributed by atoms with Crippen molar-refractivity contribution < 1.29 is 14.3 Å². The number of primary amides is 1. The van der Waals surface area contributed by atoms with Crippen molar-refractivity contribution in [3.05, 3.63) is 76.9 Å². The summed E-state index contributed by atoms with van der Waals surface area (Å²) in [4.78, 5) is 14.9. The fraction of sp³-hybridized carbons (Fsp3) is 0.143. The summed E-state index contributed by atoms with van der Waals surface area (Å²) in [6, 6.07) is 17.4. The van der Waals surface area contributed by atoms with Crippen LogP contribution in [0.3, 0.4) is 0 Å². The van der Waals surface area contributed by atoms with E-state index in [0.29, 0.717) is 16.7 Å². The van der Waals surface area contributed by atoms with E-state index < -0.39 is 6.09 Å². The van der Waals surface area contributed by atoms with E-state index in [1.165, 1.54) is 5.56 Å². The second kappa shape index (κ2) is 8.56. The summed E-state index contributed by atoms with van der Waals surface area (Å²) in [6.45, 7) is 0. The molecule has 0 bridgehead atoms. The molecule has 27 heavy (non-hydrogen) atoms. The average molecular weight is 383 g/mol. The first-order valence-corrected chi connectivity index (χ1v) is 8.78. The number of methoxy groups -OCH3 is 1. The maximum atomic E-state index is 10.7. The van der Waals surface area contributed by atoms with Gasteiger partial charge in [-0.2, -0.15) is 0 Å². The van der Waals surface area contributed by atoms with Gasteiger partial charge in [0.25, 0.3) is 0 Å². The van der Waals surface area contributed by atoms with Gasteiger partial charge in [0, 0.05) is 11.8 Å². The largest absolute Gasteiger partial charge is 0.481 e. The van der Waals surface area contributed by atoms with E-state index in [4.69, 9.17) is 26.8 Å². The summed E-state index contributed by atoms with van der Waals surface area (Å²) in [7, 11) is 1.59. The highest BCUT2D eigenvalue weighted by molar-refractivity contribution is 6.30. The number of aryl methyl sites for hydroxylation is 2. The van der Waals surface area contributed by atoms with Gasteiger partial charge in [-0.15, -0.1) is 0 Å². The number of aromatic nitrogens is 1. The van der Waals surface area contributed by atoms with Gasteiger partial charge in [-0.05, 0) is 47.7 Å². The topological polar surface area (TPSA) is 74.4 Å². The Hall–Kier alpha value is -3.05. The summed E-state index contributed by atoms with van der Waals surface area (Å²) >= 11 is 6.06. The quantitative estimate of drug-likeness (QED) is 0.673. The molecule has 1 heterocycles. The van der Waals surface area contributed by atoms with E-state index >= 15 is 0 Å². The number of hydrogen-bond acceptors (Lipinski definition) is 4. The molecule has 0 atom stereocenters. The van der Waals surface area contributed by atoms with Crippen molar-refractivity contribution in [1.29, 1.82) is 0 Å². The predicted molar refractivity (Wildman–Crippen MR) is 105 cm³/mol. The Morgan fingerprint density at radius 2 is 1.63 bits per heavy atom. The van der Waals surface area contributed by atoms with Gasteiger partial charge >= 0.3 is 6.09 Å². The fourth-order valence-corrected chi connectivity index (χ4v) is 2.93. The highest BCUT2D eigenvalue weighted by Crippen LogP contribution is 2.30. The second-order valence-electron chi connectivity index (χ2n) is 5.97. The highest BCUT2D eigenvalue weighted by Gasteiger charge is 2.08. The minimum Gasteiger partial charge on any atom is -0.481 e. The summed E-state index contributed by atoms with van der Waals surface area (Å²) in [5, 5.41) is 0.568. The molecule has 0 aliphatic heterocycles. The number of benzene rings is 2. The molecule has 2 aromatic carbocycles. The Kier molecular flexibility index (Phi) is 5.94. The van der Waals surface area contributed by atoms with Gasteiger partial charge in [0.1, 0.15) is 5.75 Å². The average Bonchev–Trinajstić information content (AvgIpc) is 2.67. The van der Waals surface area contributed by atoms with Crippen molar-refractivity contribution in [2.24, 2.45) is 5.73 Å². The zero-order valence-electron chi connectivity index (χ0n) is 14.8. The lowest BCUT2D eigenvalue weighted by molar-refractivity contribution is 0.211. The lowest BCUT2D eigenvalue weighted by atomic mass is 10.0. The third-order valence-electron chi connectivity index (χ3n) is 4.12. The molecular formula is C21H19ClN2O3. The number of ether oxygens (including phenoxy) is 2. The zero-order chi connectivity index (χ0) is 19.2. The smallest absolute Gasteiger partial charge is 0.409 e. The molecule has 0 fully saturated rings. The van der Waals surface area contributed by atoms with Crippen LogP contribution in [0.2, 0.25) is 5.02 Å². The molecule has 1 amide bonds. The van der Waals surface area contributed by atoms with Crippen LogP contribution in [0.15, 0.2) is 60.8 Å². The third-order valence-corrected chi connectivity index (χ3v) is 4.33. The Morgan fingerprint density at radius 3 is 2.19 bits per heavy atom. The van der Waals surface area contributed by atoms with Crippen molar-refractivity contribution >= 4 is 17.7 Å². The molecule has 0 aliphatic rings. The minimum atomic E-state index is -0.811. The Labute approximate surface area is 162 Å². The number of amides is 1. The van der Waals surface area contributed by atoms with E-state index in [-0.39, 0.29) is 0 Å². The Balaban J connectivity index is 1.66. The number of nitrogens with two attached hydrogens (primary N) is 1. The third kappa shape index (κ3) is 4.99. The molecule has 0 saturated heterocycles. The molecule has 5 nitrogen and oxygen atoms in total. The van der Waals surface area contributed by atoms with Crippen molar-refractivity contribution in [3.8, 4) is 22.8 Å². The number of carbonyl (C=O) groups is 1. The molecule has 1 aromatic heterocycles. The van der Waals surface area contributed by atoms with Gasteiger partial charge in [0.05, 0.1) is 12.1 Å². The Morgan fingerprint density at radius 1 is 1.04 bits per heavy atom. The lowest BCUT2D eigenvalue weighted by Gasteiger charge is -2.09. The summed E-state index contributed by atoms with van der Waals surface area (Å²) in [5.41, 5.74) is 9.22. The first-order chi connectivity index (χ1) is 13.0. The molecule has 0 radical (unpaired) electrons. The van der Waals surface area contributed by atoms with E-state index in [9.17, 15) is 4.79 Å². The Bertz CT molecular complexity index is 925. The molecule has 3 rings (SSSR count). The van der Waals surface area contributed by atoms with E-state index in [0.717, 1.165) is 29.5 Å². The number of hydrogen-bond donors (Lipinski definition) is 1. The summed E-state index contributed by atoms with van der Waals surface area (Å²) in [6.07, 6.45) is 2.52. The van der Waals surface area contributed by atoms with E-state index in [2.05, 4.69) is 17.1 Å². The minimum absolute atomic E-state index is 0.444. The molecule has 6 heteroatoms. The molecule has 3 aromatic rings. The highest BCUT2D eigenvalue weighted by atomic mass is 35.5. The monoisotopic (exact) mass is 382 g/mol. The predicted octanol–water partition coefficient (Wildman–Crippen LogP) is 4.65. The van der Waals surface area contributed by atoms with Crippen molar-refractivity contribution in [2.45, 2.75) is 12.8 Å². The van der Waals surface area contributed by atoms with Crippen molar-refractivity contribution in [3.63, 3.8) is 0 Å². The first-order valence-electron chi connectivity index (χ1n) is 8.40. The summed E-state index contributed by atoms with van der Waals surface area (Å²) < 4.78 is 10.1. The van der Waals surface area contributed by atoms with Gasteiger partial charge in [-0.25, -0.2) is 9.78 Å². The van der Waals surface area contributed by atoms with Crippen LogP contribution in [-0.2, 0) is 12.8 Å². The molecule has 0 spiro atoms. The summed E-state index contributed by atoms with van der Waals surface area (Å²) in [5.74, 6) is 0.991. The van der Waals surface area contributed by atoms with Gasteiger partial charge in [0.2, 0.25) is 5.88 Å². The number of nitrogens with zero attached hydrogens (tertiary/aromatic N) is 1. The standard InChI is InChI=1S/C21H19ClN2O3/c1-26-20-19(12-17(22)13-24-20)16-8-4-14(5-9-16)2-3-15-6-10-18(11-7-15)27-21(23)25/h4-13H,2-3H2,1H3,(H2,23,25). The van der Waals surface area contributed by atoms with Gasteiger partial charge < -0.3 is 15.2 Å². The zero-order valence-corrected chi connectivity index (χ0v) is 15.6. The van der Waals surface area contributed by atoms with Crippen LogP contribution in [0, 0.1) is 0 Å². The molecule has 2 N–H and O–H groups in total. The molecule has 138 valence electrons. The second-order valence-corrected chi connectivity index (χ2v) is 6.41. The molecule has 0 unspecified atom stereocenters. The van der Waals surface area contributed by atoms with Crippen LogP contribution in [0.5, 0.6) is 11.6 Å². The van der Waals surface area contributed by atoms with E-state index in [1.807, 2.05) is 30.3 Å². The number of carbonyl (C=O) groups excluding carboxylic acids is 1. The normalized spacial score (nSPS) is 10.4. The van der Waals surface area contributed by atoms with Gasteiger partial charge in [-0.3, -0.25) is 0 Å². The number of halogens is 1. The van der Waals surface area contributed by atoms with Crippen LogP contribution in [0.25, 0.3) is 11.1 Å². The van der Waals surface area contributed by atoms with Crippen LogP contribution >= 0.6 is 11.6 Å². The van der Waals surface area contributed by atoms with Crippen molar-refractivity contribution in [1.82, 2.24) is 4.98 Å². The molecule has 0 saturated carbocycles. The van der Waals surface area contributed by atoms with E-state index in [1.54, 1.807) is 25.4 Å². The van der Waals surface area contributed by atoms with Crippen LogP contribution in [0.4, 0.5) is 4.79 Å². The fourth-order valence-electron chi connectivity index (χ4n) is 2.78. The first kappa shape index (κ1) is 18.7. The van der Waals surface area contributed by atoms with Crippen LogP contribution in [-0.4, -0.2) is 18.2 Å². The lowest BCUT2D eigenvalue weighted by Crippen LogP contribution is -2.16. The van der Waals surface area contributed by atoms with Crippen LogP contribution in [0.1, 0.15) is 11.1 Å². The van der Waals surface area contributed by atoms with Gasteiger partial charge in [0.15, 0.2) is 0 Å².